The van der Waals surface area contributed by atoms with Crippen LogP contribution in [0.25, 0.3) is 10.4 Å². The number of azide groups is 1. The predicted molar refractivity (Wildman–Crippen MR) is 122 cm³/mol. The van der Waals surface area contributed by atoms with Gasteiger partial charge in [-0.2, -0.15) is 0 Å². The van der Waals surface area contributed by atoms with Crippen molar-refractivity contribution < 1.29 is 24.1 Å². The van der Waals surface area contributed by atoms with Gasteiger partial charge in [0, 0.05) is 4.91 Å². The molecule has 8 heteroatoms. The van der Waals surface area contributed by atoms with Gasteiger partial charge in [0.25, 0.3) is 0 Å². The van der Waals surface area contributed by atoms with E-state index in [0.717, 1.165) is 11.1 Å². The molecule has 0 spiro atoms. The largest absolute Gasteiger partial charge is 0.387 e. The van der Waals surface area contributed by atoms with Crippen LogP contribution in [0.1, 0.15) is 17.5 Å². The van der Waals surface area contributed by atoms with Crippen molar-refractivity contribution in [3.8, 4) is 0 Å². The molecule has 0 unspecified atom stereocenters. The molecule has 2 aromatic carbocycles. The van der Waals surface area contributed by atoms with Gasteiger partial charge in [0.15, 0.2) is 0 Å². The summed E-state index contributed by atoms with van der Waals surface area (Å²) < 4.78 is 24.9. The second-order valence-corrected chi connectivity index (χ2v) is 8.32. The Labute approximate surface area is 193 Å². The highest BCUT2D eigenvalue weighted by Gasteiger charge is 2.66. The van der Waals surface area contributed by atoms with E-state index in [1.165, 1.54) is 0 Å². The van der Waals surface area contributed by atoms with Crippen molar-refractivity contribution >= 4 is 0 Å². The number of ether oxygens (including phenoxy) is 4. The lowest BCUT2D eigenvalue weighted by Crippen LogP contribution is -2.48. The Hall–Kier alpha value is -2.71. The van der Waals surface area contributed by atoms with Gasteiger partial charge in [-0.15, -0.1) is 6.58 Å². The zero-order valence-corrected chi connectivity index (χ0v) is 18.4. The number of rotatable bonds is 11. The number of hydrogen-bond donors (Lipinski definition) is 1. The molecule has 2 aromatic rings. The minimum absolute atomic E-state index is 0.0109. The van der Waals surface area contributed by atoms with Crippen LogP contribution in [0.2, 0.25) is 0 Å². The molecule has 4 rings (SSSR count). The molecule has 2 fully saturated rings. The zero-order chi connectivity index (χ0) is 23.1. The predicted octanol–water partition coefficient (Wildman–Crippen LogP) is 3.94. The maximum absolute atomic E-state index is 11.1. The highest BCUT2D eigenvalue weighted by molar-refractivity contribution is 5.18. The van der Waals surface area contributed by atoms with Gasteiger partial charge in [-0.25, -0.2) is 0 Å². The summed E-state index contributed by atoms with van der Waals surface area (Å²) in [4.78, 5) is 2.80. The fraction of sp³-hybridized carbons (Fsp3) is 0.440. The number of hydrogen-bond acceptors (Lipinski definition) is 6. The second kappa shape index (κ2) is 10.9. The van der Waals surface area contributed by atoms with Gasteiger partial charge in [-0.3, -0.25) is 0 Å². The van der Waals surface area contributed by atoms with Crippen LogP contribution >= 0.6 is 0 Å². The summed E-state index contributed by atoms with van der Waals surface area (Å²) in [5.74, 6) is 0. The van der Waals surface area contributed by atoms with Crippen molar-refractivity contribution in [2.45, 2.75) is 55.8 Å². The first-order chi connectivity index (χ1) is 16.2. The first kappa shape index (κ1) is 23.4. The number of aliphatic hydroxyl groups excluding tert-OH is 1. The topological polar surface area (TPSA) is 106 Å². The Kier molecular flexibility index (Phi) is 7.77. The van der Waals surface area contributed by atoms with Crippen molar-refractivity contribution in [1.82, 2.24) is 0 Å². The molecule has 2 saturated heterocycles. The third-order valence-corrected chi connectivity index (χ3v) is 6.16. The van der Waals surface area contributed by atoms with E-state index in [4.69, 9.17) is 24.5 Å². The second-order valence-electron chi connectivity index (χ2n) is 8.32. The summed E-state index contributed by atoms with van der Waals surface area (Å²) in [5.41, 5.74) is 9.75. The molecule has 6 atom stereocenters. The van der Waals surface area contributed by atoms with Gasteiger partial charge in [0.1, 0.15) is 30.0 Å². The summed E-state index contributed by atoms with van der Waals surface area (Å²) in [7, 11) is 0. The molecule has 0 aromatic heterocycles. The van der Waals surface area contributed by atoms with Crippen LogP contribution < -0.4 is 0 Å². The number of fused-ring (bicyclic) bond motifs is 1. The SMILES string of the molecule is C=CC[C@@]12O[C@H](COCc3ccccc3)[C@@H](OCc3ccccc3)[C@@H]1O[C@@H](CN=[N+]=[N-])[C@H]2O. The van der Waals surface area contributed by atoms with E-state index in [1.807, 2.05) is 60.7 Å². The maximum atomic E-state index is 11.1. The summed E-state index contributed by atoms with van der Waals surface area (Å²) >= 11 is 0. The Morgan fingerprint density at radius 2 is 1.73 bits per heavy atom. The monoisotopic (exact) mass is 451 g/mol. The molecule has 0 bridgehead atoms. The van der Waals surface area contributed by atoms with E-state index in [1.54, 1.807) is 6.08 Å². The van der Waals surface area contributed by atoms with Crippen LogP contribution in [0.3, 0.4) is 0 Å². The third kappa shape index (κ3) is 5.12. The van der Waals surface area contributed by atoms with Gasteiger partial charge in [0.05, 0.1) is 32.5 Å². The van der Waals surface area contributed by atoms with Crippen LogP contribution in [0.5, 0.6) is 0 Å². The minimum atomic E-state index is -1.04. The normalized spacial score (nSPS) is 30.5. The lowest BCUT2D eigenvalue weighted by atomic mass is 9.86. The van der Waals surface area contributed by atoms with E-state index in [-0.39, 0.29) is 13.2 Å². The Bertz CT molecular complexity index is 953. The standard InChI is InChI=1S/C25H29N3O5/c1-2-13-25-23(29)20(14-27-28-26)32-24(25)22(31-16-19-11-7-4-8-12-19)21(33-25)17-30-15-18-9-5-3-6-10-18/h2-12,20-24,29H,1,13-17H2/t20-,21+,22+,23+,24-,25-/m0/s1. The van der Waals surface area contributed by atoms with Crippen LogP contribution in [-0.2, 0) is 32.2 Å². The number of nitrogens with zero attached hydrogens (tertiary/aromatic N) is 3. The molecule has 0 saturated carbocycles. The van der Waals surface area contributed by atoms with Gasteiger partial charge in [0.2, 0.25) is 0 Å². The Balaban J connectivity index is 1.52. The van der Waals surface area contributed by atoms with Gasteiger partial charge >= 0.3 is 0 Å². The number of benzene rings is 2. The van der Waals surface area contributed by atoms with Crippen LogP contribution in [0, 0.1) is 0 Å². The highest BCUT2D eigenvalue weighted by Crippen LogP contribution is 2.47. The molecule has 33 heavy (non-hydrogen) atoms. The van der Waals surface area contributed by atoms with Crippen LogP contribution in [-0.4, -0.2) is 54.4 Å². The van der Waals surface area contributed by atoms with Crippen molar-refractivity contribution in [3.05, 3.63) is 94.9 Å². The fourth-order valence-electron chi connectivity index (χ4n) is 4.62. The molecule has 0 radical (unpaired) electrons. The van der Waals surface area contributed by atoms with Crippen LogP contribution in [0.4, 0.5) is 0 Å². The van der Waals surface area contributed by atoms with Crippen LogP contribution in [0.15, 0.2) is 78.4 Å². The van der Waals surface area contributed by atoms with Crippen molar-refractivity contribution in [2.24, 2.45) is 5.11 Å². The average Bonchev–Trinajstić information content (AvgIpc) is 3.28. The highest BCUT2D eigenvalue weighted by atomic mass is 16.7. The molecule has 0 aliphatic carbocycles. The quantitative estimate of drug-likeness (QED) is 0.241. The molecule has 2 aliphatic heterocycles. The van der Waals surface area contributed by atoms with Gasteiger partial charge in [-0.1, -0.05) is 71.9 Å². The summed E-state index contributed by atoms with van der Waals surface area (Å²) in [6.07, 6.45) is -1.08. The van der Waals surface area contributed by atoms with Gasteiger partial charge < -0.3 is 24.1 Å². The first-order valence-corrected chi connectivity index (χ1v) is 11.1. The summed E-state index contributed by atoms with van der Waals surface area (Å²) in [6, 6.07) is 19.7. The van der Waals surface area contributed by atoms with Crippen molar-refractivity contribution in [1.29, 1.82) is 0 Å². The Morgan fingerprint density at radius 3 is 2.36 bits per heavy atom. The molecule has 2 heterocycles. The number of aliphatic hydroxyl groups is 1. The lowest BCUT2D eigenvalue weighted by molar-refractivity contribution is -0.139. The van der Waals surface area contributed by atoms with E-state index < -0.39 is 36.1 Å². The smallest absolute Gasteiger partial charge is 0.129 e. The molecule has 2 aliphatic rings. The molecule has 0 amide bonds. The van der Waals surface area contributed by atoms with E-state index in [9.17, 15) is 5.11 Å². The molecule has 1 N–H and O–H groups in total. The van der Waals surface area contributed by atoms with Crippen molar-refractivity contribution in [2.75, 3.05) is 13.2 Å². The third-order valence-electron chi connectivity index (χ3n) is 6.16. The minimum Gasteiger partial charge on any atom is -0.387 e. The Morgan fingerprint density at radius 1 is 1.06 bits per heavy atom. The molecular weight excluding hydrogens is 422 g/mol. The lowest BCUT2D eigenvalue weighted by Gasteiger charge is -2.30. The van der Waals surface area contributed by atoms with E-state index in [2.05, 4.69) is 16.6 Å². The molecule has 174 valence electrons. The van der Waals surface area contributed by atoms with Crippen molar-refractivity contribution in [3.63, 3.8) is 0 Å². The average molecular weight is 452 g/mol. The van der Waals surface area contributed by atoms with E-state index in [0.29, 0.717) is 19.6 Å². The first-order valence-electron chi connectivity index (χ1n) is 11.1. The summed E-state index contributed by atoms with van der Waals surface area (Å²) in [5, 5.41) is 14.7. The molecular formula is C25H29N3O5. The fourth-order valence-corrected chi connectivity index (χ4v) is 4.62. The molecule has 8 nitrogen and oxygen atoms in total. The van der Waals surface area contributed by atoms with E-state index >= 15 is 0 Å². The summed E-state index contributed by atoms with van der Waals surface area (Å²) in [6.45, 7) is 4.94. The maximum Gasteiger partial charge on any atom is 0.129 e. The zero-order valence-electron chi connectivity index (χ0n) is 18.4. The van der Waals surface area contributed by atoms with Gasteiger partial charge in [-0.05, 0) is 23.1 Å².